The van der Waals surface area contributed by atoms with Crippen molar-refractivity contribution >= 4 is 5.91 Å². The van der Waals surface area contributed by atoms with Crippen LogP contribution in [0.3, 0.4) is 0 Å². The van der Waals surface area contributed by atoms with Crippen molar-refractivity contribution in [2.75, 3.05) is 79.1 Å². The minimum Gasteiger partial charge on any atom is -0.378 e. The Morgan fingerprint density at radius 3 is 1.82 bits per heavy atom. The predicted molar refractivity (Wildman–Crippen MR) is 105 cm³/mol. The van der Waals surface area contributed by atoms with Crippen molar-refractivity contribution < 1.29 is 32.9 Å². The lowest BCUT2D eigenvalue weighted by Gasteiger charge is -2.29. The first-order valence-corrected chi connectivity index (χ1v) is 9.94. The van der Waals surface area contributed by atoms with Crippen molar-refractivity contribution in [2.24, 2.45) is 0 Å². The van der Waals surface area contributed by atoms with Crippen molar-refractivity contribution in [3.63, 3.8) is 0 Å². The second-order valence-corrected chi connectivity index (χ2v) is 6.66. The average Bonchev–Trinajstić information content (AvgIpc) is 2.65. The third kappa shape index (κ3) is 17.3. The molecule has 0 fully saturated rings. The van der Waals surface area contributed by atoms with E-state index in [0.717, 1.165) is 13.1 Å². The zero-order chi connectivity index (χ0) is 21.1. The maximum absolute atomic E-state index is 14.0. The van der Waals surface area contributed by atoms with Crippen molar-refractivity contribution in [2.45, 2.75) is 39.5 Å². The summed E-state index contributed by atoms with van der Waals surface area (Å²) in [5, 5.41) is 5.62. The van der Waals surface area contributed by atoms with E-state index in [1.54, 1.807) is 13.8 Å². The van der Waals surface area contributed by atoms with E-state index in [1.807, 2.05) is 0 Å². The van der Waals surface area contributed by atoms with Gasteiger partial charge in [-0.15, -0.1) is 0 Å². The van der Waals surface area contributed by atoms with Crippen LogP contribution in [-0.4, -0.2) is 96.8 Å². The number of carbonyl (C=O) groups is 1. The molecule has 0 aliphatic heterocycles. The largest absolute Gasteiger partial charge is 0.378 e. The highest BCUT2D eigenvalue weighted by Crippen LogP contribution is 2.17. The summed E-state index contributed by atoms with van der Waals surface area (Å²) in [7, 11) is 0. The summed E-state index contributed by atoms with van der Waals surface area (Å²) in [5.41, 5.74) is -0.990. The molecule has 1 unspecified atom stereocenters. The van der Waals surface area contributed by atoms with Gasteiger partial charge in [0.05, 0.1) is 71.6 Å². The third-order valence-corrected chi connectivity index (χ3v) is 3.78. The van der Waals surface area contributed by atoms with E-state index in [4.69, 9.17) is 23.7 Å². The molecule has 0 aliphatic carbocycles. The molecule has 0 heterocycles. The van der Waals surface area contributed by atoms with Crippen LogP contribution in [0, 0.1) is 0 Å². The third-order valence-electron chi connectivity index (χ3n) is 3.78. The van der Waals surface area contributed by atoms with Gasteiger partial charge in [-0.05, 0) is 20.4 Å². The molecule has 0 bridgehead atoms. The second-order valence-electron chi connectivity index (χ2n) is 6.66. The van der Waals surface area contributed by atoms with Crippen LogP contribution in [0.5, 0.6) is 0 Å². The second kappa shape index (κ2) is 18.2. The van der Waals surface area contributed by atoms with E-state index in [-0.39, 0.29) is 19.1 Å². The Kier molecular flexibility index (Phi) is 17.7. The summed E-state index contributed by atoms with van der Waals surface area (Å²) < 4.78 is 41.1. The van der Waals surface area contributed by atoms with Crippen LogP contribution >= 0.6 is 0 Å². The molecule has 2 N–H and O–H groups in total. The fourth-order valence-corrected chi connectivity index (χ4v) is 2.02. The molecular formula is C19H39FN2O6. The molecule has 8 nitrogen and oxygen atoms in total. The summed E-state index contributed by atoms with van der Waals surface area (Å²) in [4.78, 5) is 10.8. The van der Waals surface area contributed by atoms with Gasteiger partial charge in [0.25, 0.3) is 0 Å². The van der Waals surface area contributed by atoms with E-state index in [1.165, 1.54) is 6.92 Å². The monoisotopic (exact) mass is 410 g/mol. The number of hydrogen-bond acceptors (Lipinski definition) is 7. The fourth-order valence-electron chi connectivity index (χ4n) is 2.02. The lowest BCUT2D eigenvalue weighted by Crippen LogP contribution is -2.44. The van der Waals surface area contributed by atoms with E-state index in [0.29, 0.717) is 52.9 Å². The molecule has 0 aromatic heterocycles. The Hall–Kier alpha value is -0.840. The molecule has 0 aromatic rings. The predicted octanol–water partition coefficient (Wildman–Crippen LogP) is 0.932. The zero-order valence-corrected chi connectivity index (χ0v) is 17.9. The number of carbonyl (C=O) groups excluding carboxylic acids is 1. The summed E-state index contributed by atoms with van der Waals surface area (Å²) in [5.74, 6) is -0.263. The minimum atomic E-state index is -1.29. The van der Waals surface area contributed by atoms with Gasteiger partial charge in [0.1, 0.15) is 6.17 Å². The zero-order valence-electron chi connectivity index (χ0n) is 17.9. The Labute approximate surface area is 168 Å². The first-order chi connectivity index (χ1) is 13.4. The topological polar surface area (TPSA) is 87.3 Å². The Morgan fingerprint density at radius 1 is 0.893 bits per heavy atom. The number of ether oxygens (including phenoxy) is 5. The van der Waals surface area contributed by atoms with Crippen LogP contribution in [0.1, 0.15) is 27.7 Å². The van der Waals surface area contributed by atoms with Crippen LogP contribution < -0.4 is 10.6 Å². The molecule has 0 rings (SSSR count). The molecule has 168 valence electrons. The van der Waals surface area contributed by atoms with Crippen LogP contribution in [0.15, 0.2) is 0 Å². The number of rotatable bonds is 20. The highest BCUT2D eigenvalue weighted by molar-refractivity contribution is 5.72. The molecule has 28 heavy (non-hydrogen) atoms. The van der Waals surface area contributed by atoms with Gasteiger partial charge in [-0.1, -0.05) is 6.92 Å². The molecule has 0 saturated heterocycles. The summed E-state index contributed by atoms with van der Waals surface area (Å²) in [6.45, 7) is 12.8. The lowest BCUT2D eigenvalue weighted by atomic mass is 10.0. The van der Waals surface area contributed by atoms with Gasteiger partial charge in [-0.3, -0.25) is 4.79 Å². The summed E-state index contributed by atoms with van der Waals surface area (Å²) >= 11 is 0. The van der Waals surface area contributed by atoms with Crippen LogP contribution in [0.25, 0.3) is 0 Å². The van der Waals surface area contributed by atoms with Crippen LogP contribution in [0.4, 0.5) is 4.39 Å². The van der Waals surface area contributed by atoms with Gasteiger partial charge in [0.2, 0.25) is 5.91 Å². The first-order valence-electron chi connectivity index (χ1n) is 9.94. The van der Waals surface area contributed by atoms with Crippen molar-refractivity contribution in [3.8, 4) is 0 Å². The van der Waals surface area contributed by atoms with Gasteiger partial charge in [-0.2, -0.15) is 0 Å². The number of likely N-dealkylation sites (N-methyl/N-ethyl adjacent to an activating group) is 1. The van der Waals surface area contributed by atoms with Crippen molar-refractivity contribution in [1.82, 2.24) is 10.6 Å². The number of alkyl halides is 1. The van der Waals surface area contributed by atoms with Gasteiger partial charge in [0.15, 0.2) is 0 Å². The van der Waals surface area contributed by atoms with Gasteiger partial charge in [-0.25, -0.2) is 4.39 Å². The number of nitrogens with one attached hydrogen (secondary N) is 2. The quantitative estimate of drug-likeness (QED) is 0.289. The van der Waals surface area contributed by atoms with E-state index in [2.05, 4.69) is 17.6 Å². The van der Waals surface area contributed by atoms with Gasteiger partial charge < -0.3 is 34.3 Å². The van der Waals surface area contributed by atoms with Crippen LogP contribution in [0.2, 0.25) is 0 Å². The molecule has 0 spiro atoms. The van der Waals surface area contributed by atoms with Crippen molar-refractivity contribution in [3.05, 3.63) is 0 Å². The number of halogens is 1. The molecule has 0 saturated carbocycles. The van der Waals surface area contributed by atoms with E-state index in [9.17, 15) is 9.18 Å². The van der Waals surface area contributed by atoms with Crippen LogP contribution in [-0.2, 0) is 28.5 Å². The highest BCUT2D eigenvalue weighted by atomic mass is 19.1. The summed E-state index contributed by atoms with van der Waals surface area (Å²) in [6.07, 6.45) is -1.29. The molecule has 1 atom stereocenters. The maximum atomic E-state index is 14.0. The molecule has 1 amide bonds. The van der Waals surface area contributed by atoms with Gasteiger partial charge in [0, 0.05) is 13.5 Å². The van der Waals surface area contributed by atoms with Crippen molar-refractivity contribution in [1.29, 1.82) is 0 Å². The van der Waals surface area contributed by atoms with Gasteiger partial charge >= 0.3 is 0 Å². The first kappa shape index (κ1) is 27.2. The number of amides is 1. The molecule has 0 aromatic carbocycles. The normalized spacial score (nSPS) is 12.9. The van der Waals surface area contributed by atoms with E-state index >= 15 is 0 Å². The molecule has 0 aliphatic rings. The Morgan fingerprint density at radius 2 is 1.36 bits per heavy atom. The smallest absolute Gasteiger partial charge is 0.216 e. The Bertz CT molecular complexity index is 374. The standard InChI is InChI=1S/C19H39FN2O6/c1-5-21-6-7-24-8-9-25-10-11-26-12-13-27-14-15-28-19(3,4)18(20)16-22-17(2)23/h18,21H,5-16H2,1-4H3,(H,22,23). The maximum Gasteiger partial charge on any atom is 0.216 e. The SMILES string of the molecule is CCNCCOCCOCCOCCOCCOC(C)(C)C(F)CNC(C)=O. The fraction of sp³-hybridized carbons (Fsp3) is 0.947. The Balaban J connectivity index is 3.35. The average molecular weight is 411 g/mol. The lowest BCUT2D eigenvalue weighted by molar-refractivity contribution is -0.120. The van der Waals surface area contributed by atoms with E-state index < -0.39 is 11.8 Å². The molecular weight excluding hydrogens is 371 g/mol. The molecule has 0 radical (unpaired) electrons. The number of hydrogen-bond donors (Lipinski definition) is 2. The highest BCUT2D eigenvalue weighted by Gasteiger charge is 2.30. The minimum absolute atomic E-state index is 0.0682. The molecule has 9 heteroatoms. The summed E-state index contributed by atoms with van der Waals surface area (Å²) in [6, 6.07) is 0.